The van der Waals surface area contributed by atoms with Crippen LogP contribution in [0.4, 0.5) is 0 Å². The van der Waals surface area contributed by atoms with Crippen molar-refractivity contribution in [3.63, 3.8) is 0 Å². The monoisotopic (exact) mass is 452 g/mol. The molecule has 0 aromatic heterocycles. The SMILES string of the molecule is CCC(C)OC(=O)COC(=O)C1C2CC(C3CCCC32)C1C(=O)OCC(=O)OC(C)CC. The van der Waals surface area contributed by atoms with E-state index in [0.717, 1.165) is 25.7 Å². The first kappa shape index (κ1) is 24.5. The molecule has 8 atom stereocenters. The van der Waals surface area contributed by atoms with Crippen molar-refractivity contribution in [2.24, 2.45) is 35.5 Å². The summed E-state index contributed by atoms with van der Waals surface area (Å²) in [6, 6.07) is 0. The molecule has 0 heterocycles. The van der Waals surface area contributed by atoms with E-state index in [4.69, 9.17) is 18.9 Å². The van der Waals surface area contributed by atoms with Crippen molar-refractivity contribution in [1.29, 1.82) is 0 Å². The highest BCUT2D eigenvalue weighted by Crippen LogP contribution is 2.63. The van der Waals surface area contributed by atoms with Crippen LogP contribution in [0.2, 0.25) is 0 Å². The Balaban J connectivity index is 1.63. The normalized spacial score (nSPS) is 32.0. The highest BCUT2D eigenvalue weighted by Gasteiger charge is 2.64. The Morgan fingerprint density at radius 2 is 1.12 bits per heavy atom. The fraction of sp³-hybridized carbons (Fsp3) is 0.833. The molecule has 3 fully saturated rings. The zero-order valence-corrected chi connectivity index (χ0v) is 19.5. The van der Waals surface area contributed by atoms with Crippen molar-refractivity contribution >= 4 is 23.9 Å². The minimum atomic E-state index is -0.645. The molecule has 0 aromatic carbocycles. The van der Waals surface area contributed by atoms with Crippen LogP contribution >= 0.6 is 0 Å². The van der Waals surface area contributed by atoms with Gasteiger partial charge in [0.25, 0.3) is 0 Å². The number of rotatable bonds is 10. The lowest BCUT2D eigenvalue weighted by Crippen LogP contribution is -2.43. The van der Waals surface area contributed by atoms with Crippen molar-refractivity contribution in [2.45, 2.75) is 78.4 Å². The molecule has 3 saturated carbocycles. The maximum atomic E-state index is 13.0. The zero-order chi connectivity index (χ0) is 23.4. The number of esters is 4. The van der Waals surface area contributed by atoms with Crippen molar-refractivity contribution in [3.05, 3.63) is 0 Å². The maximum Gasteiger partial charge on any atom is 0.344 e. The van der Waals surface area contributed by atoms with Gasteiger partial charge >= 0.3 is 23.9 Å². The van der Waals surface area contributed by atoms with E-state index in [2.05, 4.69) is 0 Å². The summed E-state index contributed by atoms with van der Waals surface area (Å²) in [4.78, 5) is 49.9. The molecule has 32 heavy (non-hydrogen) atoms. The Morgan fingerprint density at radius 1 is 0.719 bits per heavy atom. The molecule has 0 amide bonds. The van der Waals surface area contributed by atoms with Crippen molar-refractivity contribution in [1.82, 2.24) is 0 Å². The first-order valence-electron chi connectivity index (χ1n) is 12.0. The molecule has 0 aliphatic heterocycles. The van der Waals surface area contributed by atoms with E-state index in [1.807, 2.05) is 13.8 Å². The van der Waals surface area contributed by atoms with Gasteiger partial charge in [-0.05, 0) is 69.6 Å². The van der Waals surface area contributed by atoms with Gasteiger partial charge in [0.1, 0.15) is 0 Å². The number of ether oxygens (including phenoxy) is 4. The Labute approximate surface area is 189 Å². The Morgan fingerprint density at radius 3 is 1.50 bits per heavy atom. The van der Waals surface area contributed by atoms with E-state index in [-0.39, 0.29) is 24.0 Å². The summed E-state index contributed by atoms with van der Waals surface area (Å²) in [5.41, 5.74) is 0. The van der Waals surface area contributed by atoms with Crippen LogP contribution in [0.1, 0.15) is 66.2 Å². The minimum Gasteiger partial charge on any atom is -0.460 e. The van der Waals surface area contributed by atoms with Crippen LogP contribution in [-0.4, -0.2) is 49.3 Å². The second-order valence-electron chi connectivity index (χ2n) is 9.51. The van der Waals surface area contributed by atoms with Gasteiger partial charge in [0.2, 0.25) is 0 Å². The largest absolute Gasteiger partial charge is 0.460 e. The van der Waals surface area contributed by atoms with E-state index in [1.54, 1.807) is 13.8 Å². The van der Waals surface area contributed by atoms with Crippen LogP contribution in [0.15, 0.2) is 0 Å². The summed E-state index contributed by atoms with van der Waals surface area (Å²) in [6.07, 6.45) is 4.81. The number of fused-ring (bicyclic) bond motifs is 5. The van der Waals surface area contributed by atoms with Crippen LogP contribution in [-0.2, 0) is 38.1 Å². The van der Waals surface area contributed by atoms with E-state index in [9.17, 15) is 19.2 Å². The Bertz CT molecular complexity index is 661. The van der Waals surface area contributed by atoms with Crippen LogP contribution in [0.5, 0.6) is 0 Å². The first-order valence-corrected chi connectivity index (χ1v) is 12.0. The Hall–Kier alpha value is -2.12. The minimum absolute atomic E-state index is 0.0511. The second kappa shape index (κ2) is 10.7. The highest BCUT2D eigenvalue weighted by molar-refractivity contribution is 5.86. The van der Waals surface area contributed by atoms with Crippen LogP contribution in [0, 0.1) is 35.5 Å². The lowest BCUT2D eigenvalue weighted by molar-refractivity contribution is -0.174. The summed E-state index contributed by atoms with van der Waals surface area (Å²) in [6.45, 7) is 6.41. The zero-order valence-electron chi connectivity index (χ0n) is 19.5. The highest BCUT2D eigenvalue weighted by atomic mass is 16.6. The molecule has 0 saturated heterocycles. The third kappa shape index (κ3) is 5.26. The van der Waals surface area contributed by atoms with E-state index >= 15 is 0 Å². The summed E-state index contributed by atoms with van der Waals surface area (Å²) in [5, 5.41) is 0. The fourth-order valence-electron chi connectivity index (χ4n) is 5.88. The molecule has 8 unspecified atom stereocenters. The summed E-state index contributed by atoms with van der Waals surface area (Å²) < 4.78 is 20.9. The topological polar surface area (TPSA) is 105 Å². The fourth-order valence-corrected chi connectivity index (χ4v) is 5.88. The average Bonchev–Trinajstić information content (AvgIpc) is 3.47. The van der Waals surface area contributed by atoms with Gasteiger partial charge in [-0.15, -0.1) is 0 Å². The molecule has 0 N–H and O–H groups in total. The third-order valence-electron chi connectivity index (χ3n) is 7.60. The lowest BCUT2D eigenvalue weighted by Gasteiger charge is -2.35. The van der Waals surface area contributed by atoms with Crippen LogP contribution in [0.25, 0.3) is 0 Å². The van der Waals surface area contributed by atoms with Gasteiger partial charge in [-0.25, -0.2) is 9.59 Å². The smallest absolute Gasteiger partial charge is 0.344 e. The molecule has 8 nitrogen and oxygen atoms in total. The summed E-state index contributed by atoms with van der Waals surface area (Å²) in [7, 11) is 0. The molecule has 0 radical (unpaired) electrons. The predicted octanol–water partition coefficient (Wildman–Crippen LogP) is 3.05. The molecule has 3 aliphatic carbocycles. The van der Waals surface area contributed by atoms with Gasteiger partial charge in [0, 0.05) is 0 Å². The van der Waals surface area contributed by atoms with Crippen LogP contribution in [0.3, 0.4) is 0 Å². The molecule has 3 aliphatic rings. The first-order chi connectivity index (χ1) is 15.3. The third-order valence-corrected chi connectivity index (χ3v) is 7.60. The molecular weight excluding hydrogens is 416 g/mol. The molecule has 3 rings (SSSR count). The number of carbonyl (C=O) groups excluding carboxylic acids is 4. The van der Waals surface area contributed by atoms with Crippen LogP contribution < -0.4 is 0 Å². The molecule has 180 valence electrons. The van der Waals surface area contributed by atoms with Crippen molar-refractivity contribution in [2.75, 3.05) is 13.2 Å². The van der Waals surface area contributed by atoms with Crippen molar-refractivity contribution in [3.8, 4) is 0 Å². The van der Waals surface area contributed by atoms with E-state index < -0.39 is 48.9 Å². The van der Waals surface area contributed by atoms with Gasteiger partial charge < -0.3 is 18.9 Å². The van der Waals surface area contributed by atoms with E-state index in [1.165, 1.54) is 0 Å². The van der Waals surface area contributed by atoms with Crippen molar-refractivity contribution < 1.29 is 38.1 Å². The molecule has 0 spiro atoms. The molecular formula is C24H36O8. The summed E-state index contributed by atoms with van der Waals surface area (Å²) >= 11 is 0. The molecule has 8 heteroatoms. The quantitative estimate of drug-likeness (QED) is 0.368. The Kier molecular flexibility index (Phi) is 8.17. The lowest BCUT2D eigenvalue weighted by atomic mass is 9.69. The average molecular weight is 453 g/mol. The predicted molar refractivity (Wildman–Crippen MR) is 113 cm³/mol. The van der Waals surface area contributed by atoms with Gasteiger partial charge in [0.05, 0.1) is 24.0 Å². The number of hydrogen-bond acceptors (Lipinski definition) is 8. The van der Waals surface area contributed by atoms with Gasteiger partial charge in [-0.3, -0.25) is 9.59 Å². The van der Waals surface area contributed by atoms with Gasteiger partial charge in [0.15, 0.2) is 13.2 Å². The second-order valence-corrected chi connectivity index (χ2v) is 9.51. The number of hydrogen-bond donors (Lipinski definition) is 0. The molecule has 0 aromatic rings. The maximum absolute atomic E-state index is 13.0. The summed E-state index contributed by atoms with van der Waals surface area (Å²) in [5.74, 6) is -2.66. The van der Waals surface area contributed by atoms with Gasteiger partial charge in [-0.1, -0.05) is 20.3 Å². The molecule has 2 bridgehead atoms. The number of carbonyl (C=O) groups is 4. The van der Waals surface area contributed by atoms with Gasteiger partial charge in [-0.2, -0.15) is 0 Å². The van der Waals surface area contributed by atoms with E-state index in [0.29, 0.717) is 24.7 Å². The standard InChI is InChI=1S/C24H36O8/c1-5-13(3)31-19(25)11-29-23(27)21-17-10-18(16-9-7-8-15(16)17)22(21)24(28)30-12-20(26)32-14(4)6-2/h13-18,21-22H,5-12H2,1-4H3.